The predicted octanol–water partition coefficient (Wildman–Crippen LogP) is 4.12. The van der Waals surface area contributed by atoms with Crippen LogP contribution in [0.2, 0.25) is 0 Å². The van der Waals surface area contributed by atoms with Gasteiger partial charge in [-0.2, -0.15) is 0 Å². The molecule has 0 saturated heterocycles. The van der Waals surface area contributed by atoms with Crippen molar-refractivity contribution < 1.29 is 14.1 Å². The van der Waals surface area contributed by atoms with Gasteiger partial charge in [0.15, 0.2) is 0 Å². The molecule has 0 fully saturated rings. The Bertz CT molecular complexity index is 658. The van der Waals surface area contributed by atoms with Crippen LogP contribution in [0.4, 0.5) is 0 Å². The van der Waals surface area contributed by atoms with Gasteiger partial charge in [-0.15, -0.1) is 0 Å². The first kappa shape index (κ1) is 15.3. The summed E-state index contributed by atoms with van der Waals surface area (Å²) in [6, 6.07) is 5.88. The van der Waals surface area contributed by atoms with Gasteiger partial charge in [-0.1, -0.05) is 38.1 Å². The fourth-order valence-corrected chi connectivity index (χ4v) is 2.16. The van der Waals surface area contributed by atoms with Crippen molar-refractivity contribution in [2.45, 2.75) is 47.0 Å². The first-order valence-electron chi connectivity index (χ1n) is 6.96. The Labute approximate surface area is 125 Å². The Balaban J connectivity index is 2.27. The summed E-state index contributed by atoms with van der Waals surface area (Å²) in [5, 5.41) is 3.77. The molecule has 0 saturated carbocycles. The number of rotatable bonds is 2. The van der Waals surface area contributed by atoms with Gasteiger partial charge in [-0.05, 0) is 43.4 Å². The van der Waals surface area contributed by atoms with Gasteiger partial charge in [0.2, 0.25) is 0 Å². The molecule has 0 unspecified atom stereocenters. The summed E-state index contributed by atoms with van der Waals surface area (Å²) in [4.78, 5) is 12.2. The van der Waals surface area contributed by atoms with Gasteiger partial charge in [0.1, 0.15) is 17.1 Å². The van der Waals surface area contributed by atoms with Crippen LogP contribution in [-0.4, -0.2) is 11.1 Å². The first-order valence-corrected chi connectivity index (χ1v) is 6.96. The highest BCUT2D eigenvalue weighted by atomic mass is 16.5. The fourth-order valence-electron chi connectivity index (χ4n) is 2.16. The lowest BCUT2D eigenvalue weighted by Crippen LogP contribution is -2.13. The largest absolute Gasteiger partial charge is 0.423 e. The number of hydrogen-bond donors (Lipinski definition) is 0. The molecule has 0 atom stereocenters. The third-order valence-electron chi connectivity index (χ3n) is 3.48. The fraction of sp³-hybridized carbons (Fsp3) is 0.412. The number of nitrogens with zero attached hydrogens (tertiary/aromatic N) is 1. The Hall–Kier alpha value is -2.10. The zero-order chi connectivity index (χ0) is 15.8. The monoisotopic (exact) mass is 287 g/mol. The minimum absolute atomic E-state index is 0.0644. The molecule has 112 valence electrons. The van der Waals surface area contributed by atoms with Gasteiger partial charge < -0.3 is 9.26 Å². The molecular formula is C17H21NO3. The van der Waals surface area contributed by atoms with Crippen LogP contribution in [0.1, 0.15) is 53.7 Å². The van der Waals surface area contributed by atoms with Crippen molar-refractivity contribution in [2.75, 3.05) is 0 Å². The molecule has 21 heavy (non-hydrogen) atoms. The SMILES string of the molecule is Cc1cc(C(C)(C)C)ccc1OC(=O)c1c(C)noc1C. The smallest absolute Gasteiger partial charge is 0.349 e. The van der Waals surface area contributed by atoms with E-state index in [0.29, 0.717) is 22.8 Å². The van der Waals surface area contributed by atoms with Gasteiger partial charge >= 0.3 is 5.97 Å². The molecule has 0 aliphatic carbocycles. The second kappa shape index (κ2) is 5.35. The molecule has 1 aromatic carbocycles. The molecular weight excluding hydrogens is 266 g/mol. The van der Waals surface area contributed by atoms with Crippen LogP contribution in [-0.2, 0) is 5.41 Å². The van der Waals surface area contributed by atoms with E-state index in [1.807, 2.05) is 19.1 Å². The molecule has 1 aromatic heterocycles. The third kappa shape index (κ3) is 3.15. The van der Waals surface area contributed by atoms with Crippen molar-refractivity contribution >= 4 is 5.97 Å². The molecule has 0 aliphatic rings. The van der Waals surface area contributed by atoms with Crippen molar-refractivity contribution in [1.29, 1.82) is 0 Å². The number of ether oxygens (including phenoxy) is 1. The van der Waals surface area contributed by atoms with Crippen LogP contribution >= 0.6 is 0 Å². The Morgan fingerprint density at radius 3 is 2.33 bits per heavy atom. The molecule has 0 bridgehead atoms. The van der Waals surface area contributed by atoms with E-state index >= 15 is 0 Å². The van der Waals surface area contributed by atoms with Crippen LogP contribution in [0.25, 0.3) is 0 Å². The van der Waals surface area contributed by atoms with E-state index in [4.69, 9.17) is 9.26 Å². The number of carbonyl (C=O) groups excluding carboxylic acids is 1. The number of hydrogen-bond acceptors (Lipinski definition) is 4. The first-order chi connectivity index (χ1) is 9.70. The molecule has 4 heteroatoms. The highest BCUT2D eigenvalue weighted by Gasteiger charge is 2.21. The molecule has 0 amide bonds. The number of aryl methyl sites for hydroxylation is 3. The van der Waals surface area contributed by atoms with Crippen LogP contribution in [0, 0.1) is 20.8 Å². The van der Waals surface area contributed by atoms with E-state index in [-0.39, 0.29) is 5.41 Å². The Kier molecular flexibility index (Phi) is 3.90. The Morgan fingerprint density at radius 2 is 1.86 bits per heavy atom. The maximum absolute atomic E-state index is 12.2. The summed E-state index contributed by atoms with van der Waals surface area (Å²) in [5.74, 6) is 0.604. The summed E-state index contributed by atoms with van der Waals surface area (Å²) >= 11 is 0. The summed E-state index contributed by atoms with van der Waals surface area (Å²) in [7, 11) is 0. The van der Waals surface area contributed by atoms with Crippen molar-refractivity contribution in [3.63, 3.8) is 0 Å². The van der Waals surface area contributed by atoms with E-state index < -0.39 is 5.97 Å². The zero-order valence-electron chi connectivity index (χ0n) is 13.4. The molecule has 0 aliphatic heterocycles. The van der Waals surface area contributed by atoms with Gasteiger partial charge in [-0.25, -0.2) is 4.79 Å². The Morgan fingerprint density at radius 1 is 1.19 bits per heavy atom. The zero-order valence-corrected chi connectivity index (χ0v) is 13.4. The van der Waals surface area contributed by atoms with Crippen molar-refractivity contribution in [3.05, 3.63) is 46.3 Å². The molecule has 4 nitrogen and oxygen atoms in total. The summed E-state index contributed by atoms with van der Waals surface area (Å²) in [6.45, 7) is 11.8. The lowest BCUT2D eigenvalue weighted by molar-refractivity contribution is 0.0731. The van der Waals surface area contributed by atoms with Gasteiger partial charge in [0, 0.05) is 0 Å². The lowest BCUT2D eigenvalue weighted by Gasteiger charge is -2.20. The van der Waals surface area contributed by atoms with Gasteiger partial charge in [0.05, 0.1) is 5.69 Å². The topological polar surface area (TPSA) is 52.3 Å². The van der Waals surface area contributed by atoms with Crippen molar-refractivity contribution in [2.24, 2.45) is 0 Å². The van der Waals surface area contributed by atoms with Crippen LogP contribution in [0.3, 0.4) is 0 Å². The van der Waals surface area contributed by atoms with E-state index in [9.17, 15) is 4.79 Å². The number of esters is 1. The summed E-state index contributed by atoms with van der Waals surface area (Å²) < 4.78 is 10.5. The third-order valence-corrected chi connectivity index (χ3v) is 3.48. The quantitative estimate of drug-likeness (QED) is 0.616. The van der Waals surface area contributed by atoms with Crippen LogP contribution < -0.4 is 4.74 Å². The van der Waals surface area contributed by atoms with Gasteiger partial charge in [-0.3, -0.25) is 0 Å². The maximum atomic E-state index is 12.2. The second-order valence-electron chi connectivity index (χ2n) is 6.32. The second-order valence-corrected chi connectivity index (χ2v) is 6.32. The van der Waals surface area contributed by atoms with Crippen molar-refractivity contribution in [1.82, 2.24) is 5.16 Å². The standard InChI is InChI=1S/C17H21NO3/c1-10-9-13(17(4,5)6)7-8-14(10)20-16(19)15-11(2)18-21-12(15)3/h7-9H,1-6H3. The molecule has 0 N–H and O–H groups in total. The molecule has 0 radical (unpaired) electrons. The number of carbonyl (C=O) groups is 1. The van der Waals surface area contributed by atoms with Crippen molar-refractivity contribution in [3.8, 4) is 5.75 Å². The normalized spacial score (nSPS) is 11.5. The van der Waals surface area contributed by atoms with E-state index in [1.165, 1.54) is 5.56 Å². The van der Waals surface area contributed by atoms with E-state index in [1.54, 1.807) is 13.8 Å². The van der Waals surface area contributed by atoms with E-state index in [0.717, 1.165) is 5.56 Å². The van der Waals surface area contributed by atoms with E-state index in [2.05, 4.69) is 32.0 Å². The average molecular weight is 287 g/mol. The van der Waals surface area contributed by atoms with Gasteiger partial charge in [0.25, 0.3) is 0 Å². The summed E-state index contributed by atoms with van der Waals surface area (Å²) in [5.41, 5.74) is 3.14. The molecule has 2 rings (SSSR count). The lowest BCUT2D eigenvalue weighted by atomic mass is 9.86. The molecule has 1 heterocycles. The predicted molar refractivity (Wildman–Crippen MR) is 80.8 cm³/mol. The molecule has 0 spiro atoms. The van der Waals surface area contributed by atoms with Crippen LogP contribution in [0.15, 0.2) is 22.7 Å². The maximum Gasteiger partial charge on any atom is 0.349 e. The highest BCUT2D eigenvalue weighted by Crippen LogP contribution is 2.28. The number of benzene rings is 1. The minimum Gasteiger partial charge on any atom is -0.423 e. The molecule has 2 aromatic rings. The minimum atomic E-state index is -0.433. The highest BCUT2D eigenvalue weighted by molar-refractivity contribution is 5.93. The summed E-state index contributed by atoms with van der Waals surface area (Å²) in [6.07, 6.45) is 0. The number of aromatic nitrogens is 1. The average Bonchev–Trinajstić information content (AvgIpc) is 2.70. The van der Waals surface area contributed by atoms with Crippen LogP contribution in [0.5, 0.6) is 5.75 Å².